The number of aromatic nitrogens is 4. The maximum absolute atomic E-state index is 13.6. The average Bonchev–Trinajstić information content (AvgIpc) is 3.64. The summed E-state index contributed by atoms with van der Waals surface area (Å²) in [5, 5.41) is 21.1. The third kappa shape index (κ3) is 4.92. The lowest BCUT2D eigenvalue weighted by Gasteiger charge is -2.22. The first-order valence-corrected chi connectivity index (χ1v) is 14.9. The molecule has 8 nitrogen and oxygen atoms in total. The van der Waals surface area contributed by atoms with Crippen molar-refractivity contribution in [3.05, 3.63) is 111 Å². The number of imidazole rings is 1. The van der Waals surface area contributed by atoms with Crippen LogP contribution in [0.3, 0.4) is 0 Å². The van der Waals surface area contributed by atoms with Crippen molar-refractivity contribution in [2.75, 3.05) is 4.90 Å². The van der Waals surface area contributed by atoms with E-state index in [2.05, 4.69) is 15.2 Å². The van der Waals surface area contributed by atoms with Gasteiger partial charge in [0.1, 0.15) is 11.3 Å². The number of aliphatic hydroxyl groups excluding tert-OH is 1. The fourth-order valence-electron chi connectivity index (χ4n) is 4.85. The third-order valence-corrected chi connectivity index (χ3v) is 9.40. The molecule has 206 valence electrons. The first-order valence-electron chi connectivity index (χ1n) is 12.8. The molecule has 3 aromatic heterocycles. The largest absolute Gasteiger partial charge is 0.505 e. The highest BCUT2D eigenvalue weighted by Crippen LogP contribution is 2.44. The first-order chi connectivity index (χ1) is 19.7. The quantitative estimate of drug-likeness (QED) is 0.0761. The lowest BCUT2D eigenvalue weighted by atomic mass is 9.96. The van der Waals surface area contributed by atoms with Crippen molar-refractivity contribution in [1.29, 1.82) is 0 Å². The Morgan fingerprint density at radius 1 is 1.02 bits per heavy atom. The number of aliphatic hydroxyl groups is 1. The van der Waals surface area contributed by atoms with Gasteiger partial charge < -0.3 is 9.51 Å². The third-order valence-electron chi connectivity index (χ3n) is 7.02. The van der Waals surface area contributed by atoms with Crippen molar-refractivity contribution in [3.8, 4) is 0 Å². The van der Waals surface area contributed by atoms with E-state index < -0.39 is 17.7 Å². The highest BCUT2D eigenvalue weighted by atomic mass is 35.5. The Labute approximate surface area is 249 Å². The van der Waals surface area contributed by atoms with Gasteiger partial charge in [-0.2, -0.15) is 0 Å². The number of carbonyl (C=O) groups excluding carboxylic acids is 2. The number of ketones is 1. The van der Waals surface area contributed by atoms with Gasteiger partial charge in [0.05, 0.1) is 17.3 Å². The summed E-state index contributed by atoms with van der Waals surface area (Å²) in [7, 11) is 0. The van der Waals surface area contributed by atoms with Crippen molar-refractivity contribution >= 4 is 62.9 Å². The van der Waals surface area contributed by atoms with Crippen LogP contribution < -0.4 is 4.90 Å². The molecule has 1 atom stereocenters. The van der Waals surface area contributed by atoms with Crippen LogP contribution in [0.15, 0.2) is 76.8 Å². The van der Waals surface area contributed by atoms with E-state index in [0.29, 0.717) is 32.0 Å². The van der Waals surface area contributed by atoms with E-state index in [9.17, 15) is 14.7 Å². The molecule has 4 heterocycles. The molecule has 41 heavy (non-hydrogen) atoms. The van der Waals surface area contributed by atoms with Gasteiger partial charge in [0.25, 0.3) is 5.78 Å². The topological polar surface area (TPSA) is 101 Å². The fourth-order valence-corrected chi connectivity index (χ4v) is 6.80. The summed E-state index contributed by atoms with van der Waals surface area (Å²) in [6.45, 7) is 5.70. The van der Waals surface area contributed by atoms with Crippen LogP contribution in [0.2, 0.25) is 5.02 Å². The first kappa shape index (κ1) is 27.2. The summed E-state index contributed by atoms with van der Waals surface area (Å²) in [4.78, 5) is 33.1. The molecule has 1 saturated heterocycles. The van der Waals surface area contributed by atoms with Gasteiger partial charge >= 0.3 is 5.91 Å². The highest BCUT2D eigenvalue weighted by Gasteiger charge is 2.48. The molecule has 0 spiro atoms. The van der Waals surface area contributed by atoms with Crippen molar-refractivity contribution in [1.82, 2.24) is 19.6 Å². The molecule has 11 heteroatoms. The van der Waals surface area contributed by atoms with E-state index in [4.69, 9.17) is 11.6 Å². The van der Waals surface area contributed by atoms with Crippen LogP contribution in [-0.2, 0) is 15.3 Å². The number of aryl methyl sites for hydroxylation is 3. The second-order valence-corrected chi connectivity index (χ2v) is 12.4. The second-order valence-electron chi connectivity index (χ2n) is 9.78. The van der Waals surface area contributed by atoms with E-state index in [1.807, 2.05) is 92.0 Å². The Hall–Kier alpha value is -3.99. The molecule has 0 aliphatic carbocycles. The van der Waals surface area contributed by atoms with Gasteiger partial charge in [-0.3, -0.25) is 14.5 Å². The predicted molar refractivity (Wildman–Crippen MR) is 162 cm³/mol. The zero-order chi connectivity index (χ0) is 28.8. The minimum absolute atomic E-state index is 0.0337. The zero-order valence-corrected chi connectivity index (χ0v) is 24.7. The minimum Gasteiger partial charge on any atom is -0.505 e. The lowest BCUT2D eigenvalue weighted by molar-refractivity contribution is -0.132. The smallest absolute Gasteiger partial charge is 0.301 e. The van der Waals surface area contributed by atoms with Crippen LogP contribution in [0.1, 0.15) is 39.7 Å². The van der Waals surface area contributed by atoms with Gasteiger partial charge in [0.15, 0.2) is 10.1 Å². The summed E-state index contributed by atoms with van der Waals surface area (Å²) in [5.74, 6) is -1.26. The van der Waals surface area contributed by atoms with Gasteiger partial charge in [-0.1, -0.05) is 82.7 Å². The predicted octanol–water partition coefficient (Wildman–Crippen LogP) is 6.68. The Kier molecular flexibility index (Phi) is 7.14. The van der Waals surface area contributed by atoms with Crippen molar-refractivity contribution in [2.24, 2.45) is 0 Å². The van der Waals surface area contributed by atoms with Crippen LogP contribution in [0.25, 0.3) is 11.4 Å². The summed E-state index contributed by atoms with van der Waals surface area (Å²) < 4.78 is 2.50. The number of hydrogen-bond donors (Lipinski definition) is 1. The molecular formula is C30H24ClN5O3S2. The Bertz CT molecular complexity index is 1840. The van der Waals surface area contributed by atoms with E-state index in [1.54, 1.807) is 0 Å². The number of rotatable bonds is 6. The molecule has 1 N–H and O–H groups in total. The van der Waals surface area contributed by atoms with Crippen LogP contribution in [0, 0.1) is 20.8 Å². The van der Waals surface area contributed by atoms with Gasteiger partial charge in [0.2, 0.25) is 5.13 Å². The second kappa shape index (κ2) is 10.8. The van der Waals surface area contributed by atoms with E-state index in [-0.39, 0.29) is 22.2 Å². The number of nitrogens with zero attached hydrogens (tertiary/aromatic N) is 5. The van der Waals surface area contributed by atoms with Crippen LogP contribution in [0.4, 0.5) is 5.13 Å². The number of fused-ring (bicyclic) bond motifs is 1. The van der Waals surface area contributed by atoms with Gasteiger partial charge in [-0.15, -0.1) is 10.2 Å². The number of amides is 1. The minimum atomic E-state index is -0.900. The SMILES string of the molecule is Cc1ccc(C2/C(=C(\O)c3nc4c(C)cccn4c3C)C(=O)C(=O)N2c2nnc(SCc3ccc(Cl)cc3)s2)cc1. The molecule has 0 radical (unpaired) electrons. The van der Waals surface area contributed by atoms with Gasteiger partial charge in [-0.25, -0.2) is 4.98 Å². The summed E-state index contributed by atoms with van der Waals surface area (Å²) in [6.07, 6.45) is 1.85. The number of benzene rings is 2. The standard InChI is InChI=1S/C30H24ClN5O3S2/c1-16-6-10-20(11-7-16)24-22(25(37)23-18(3)35-14-4-5-17(2)27(35)32-23)26(38)28(39)36(24)29-33-34-30(41-29)40-15-19-8-12-21(31)13-9-19/h4-14,24,37H,15H2,1-3H3/b25-22+. The number of anilines is 1. The Balaban J connectivity index is 1.43. The average molecular weight is 602 g/mol. The van der Waals surface area contributed by atoms with Crippen LogP contribution >= 0.6 is 34.7 Å². The number of pyridine rings is 1. The normalized spacial score (nSPS) is 16.7. The molecule has 1 aliphatic rings. The molecule has 0 bridgehead atoms. The summed E-state index contributed by atoms with van der Waals surface area (Å²) in [5.41, 5.74) is 5.22. The molecule has 1 fully saturated rings. The Morgan fingerprint density at radius 3 is 2.46 bits per heavy atom. The van der Waals surface area contributed by atoms with Crippen molar-refractivity contribution < 1.29 is 14.7 Å². The van der Waals surface area contributed by atoms with Crippen molar-refractivity contribution in [3.63, 3.8) is 0 Å². The fraction of sp³-hybridized carbons (Fsp3) is 0.167. The van der Waals surface area contributed by atoms with Crippen LogP contribution in [0.5, 0.6) is 0 Å². The highest BCUT2D eigenvalue weighted by molar-refractivity contribution is 8.00. The monoisotopic (exact) mass is 601 g/mol. The lowest BCUT2D eigenvalue weighted by Crippen LogP contribution is -2.29. The number of halogens is 1. The maximum Gasteiger partial charge on any atom is 0.301 e. The molecule has 5 aromatic rings. The number of Topliss-reactive ketones (excluding diaryl/α,β-unsaturated/α-hetero) is 1. The molecule has 1 aliphatic heterocycles. The van der Waals surface area contributed by atoms with Gasteiger partial charge in [0, 0.05) is 17.0 Å². The molecular weight excluding hydrogens is 578 g/mol. The Morgan fingerprint density at radius 2 is 1.76 bits per heavy atom. The van der Waals surface area contributed by atoms with E-state index >= 15 is 0 Å². The molecule has 0 saturated carbocycles. The number of thioether (sulfide) groups is 1. The van der Waals surface area contributed by atoms with Crippen LogP contribution in [-0.4, -0.2) is 36.4 Å². The van der Waals surface area contributed by atoms with Gasteiger partial charge in [-0.05, 0) is 55.7 Å². The number of carbonyl (C=O) groups is 2. The molecule has 1 unspecified atom stereocenters. The summed E-state index contributed by atoms with van der Waals surface area (Å²) >= 11 is 8.69. The van der Waals surface area contributed by atoms with Crippen molar-refractivity contribution in [2.45, 2.75) is 36.9 Å². The number of hydrogen-bond acceptors (Lipinski definition) is 8. The summed E-state index contributed by atoms with van der Waals surface area (Å²) in [6, 6.07) is 18.0. The van der Waals surface area contributed by atoms with E-state index in [0.717, 1.165) is 16.7 Å². The van der Waals surface area contributed by atoms with E-state index in [1.165, 1.54) is 28.0 Å². The molecule has 6 rings (SSSR count). The maximum atomic E-state index is 13.6. The molecule has 1 amide bonds. The zero-order valence-electron chi connectivity index (χ0n) is 22.3. The molecule has 2 aromatic carbocycles.